The Hall–Kier alpha value is -2.89. The molecule has 28 heavy (non-hydrogen) atoms. The SMILES string of the molecule is CCNC(=O)c1ccc(N2CCC(=O)N(Cc3ccccc3)C(CC)C2)nc1. The Labute approximate surface area is 166 Å². The number of carbonyl (C=O) groups is 2. The maximum Gasteiger partial charge on any atom is 0.252 e. The average molecular weight is 380 g/mol. The van der Waals surface area contributed by atoms with Gasteiger partial charge < -0.3 is 15.1 Å². The average Bonchev–Trinajstić information content (AvgIpc) is 2.88. The fourth-order valence-corrected chi connectivity index (χ4v) is 3.55. The van der Waals surface area contributed by atoms with E-state index in [-0.39, 0.29) is 17.9 Å². The van der Waals surface area contributed by atoms with Crippen molar-refractivity contribution in [2.75, 3.05) is 24.5 Å². The van der Waals surface area contributed by atoms with Crippen LogP contribution < -0.4 is 10.2 Å². The maximum atomic E-state index is 12.8. The van der Waals surface area contributed by atoms with Gasteiger partial charge in [0.25, 0.3) is 5.91 Å². The van der Waals surface area contributed by atoms with Crippen LogP contribution in [-0.4, -0.2) is 47.4 Å². The summed E-state index contributed by atoms with van der Waals surface area (Å²) in [5.74, 6) is 0.867. The quantitative estimate of drug-likeness (QED) is 0.837. The van der Waals surface area contributed by atoms with E-state index in [2.05, 4.69) is 34.3 Å². The first kappa shape index (κ1) is 19.9. The Kier molecular flexibility index (Phi) is 6.63. The molecule has 6 heteroatoms. The zero-order valence-corrected chi connectivity index (χ0v) is 16.6. The summed E-state index contributed by atoms with van der Waals surface area (Å²) in [4.78, 5) is 33.4. The van der Waals surface area contributed by atoms with E-state index in [1.54, 1.807) is 12.3 Å². The van der Waals surface area contributed by atoms with Gasteiger partial charge in [-0.05, 0) is 31.0 Å². The summed E-state index contributed by atoms with van der Waals surface area (Å²) < 4.78 is 0. The van der Waals surface area contributed by atoms with Crippen molar-refractivity contribution in [3.8, 4) is 0 Å². The molecule has 1 unspecified atom stereocenters. The third kappa shape index (κ3) is 4.68. The molecule has 0 spiro atoms. The number of aromatic nitrogens is 1. The normalized spacial score (nSPS) is 17.4. The molecule has 1 aromatic carbocycles. The number of nitrogens with one attached hydrogen (secondary N) is 1. The standard InChI is InChI=1S/C22H28N4O2/c1-3-19-16-25(20-11-10-18(14-24-20)22(28)23-4-2)13-12-21(27)26(19)15-17-8-6-5-7-9-17/h5-11,14,19H,3-4,12-13,15-16H2,1-2H3,(H,23,28). The number of nitrogens with zero attached hydrogens (tertiary/aromatic N) is 3. The Morgan fingerprint density at radius 2 is 1.96 bits per heavy atom. The molecule has 1 saturated heterocycles. The van der Waals surface area contributed by atoms with Crippen molar-refractivity contribution in [1.29, 1.82) is 0 Å². The molecule has 2 heterocycles. The van der Waals surface area contributed by atoms with Gasteiger partial charge in [-0.1, -0.05) is 37.3 Å². The molecule has 3 rings (SSSR count). The Balaban J connectivity index is 1.74. The van der Waals surface area contributed by atoms with Crippen LogP contribution in [0.4, 0.5) is 5.82 Å². The van der Waals surface area contributed by atoms with E-state index in [1.807, 2.05) is 36.1 Å². The number of rotatable bonds is 6. The molecule has 6 nitrogen and oxygen atoms in total. The third-order valence-electron chi connectivity index (χ3n) is 5.13. The van der Waals surface area contributed by atoms with E-state index < -0.39 is 0 Å². The largest absolute Gasteiger partial charge is 0.354 e. The number of hydrogen-bond donors (Lipinski definition) is 1. The Morgan fingerprint density at radius 1 is 1.18 bits per heavy atom. The minimum absolute atomic E-state index is 0.118. The van der Waals surface area contributed by atoms with E-state index in [9.17, 15) is 9.59 Å². The number of hydrogen-bond acceptors (Lipinski definition) is 4. The molecule has 0 aliphatic carbocycles. The number of benzene rings is 1. The highest BCUT2D eigenvalue weighted by Gasteiger charge is 2.29. The molecule has 1 aliphatic heterocycles. The third-order valence-corrected chi connectivity index (χ3v) is 5.13. The van der Waals surface area contributed by atoms with Crippen LogP contribution in [0.25, 0.3) is 0 Å². The predicted octanol–water partition coefficient (Wildman–Crippen LogP) is 2.85. The molecule has 1 aliphatic rings. The van der Waals surface area contributed by atoms with Crippen molar-refractivity contribution >= 4 is 17.6 Å². The van der Waals surface area contributed by atoms with Crippen LogP contribution in [0.3, 0.4) is 0 Å². The first-order chi connectivity index (χ1) is 13.6. The lowest BCUT2D eigenvalue weighted by atomic mass is 10.1. The van der Waals surface area contributed by atoms with Crippen molar-refractivity contribution in [3.63, 3.8) is 0 Å². The highest BCUT2D eigenvalue weighted by Crippen LogP contribution is 2.21. The monoisotopic (exact) mass is 380 g/mol. The lowest BCUT2D eigenvalue weighted by Crippen LogP contribution is -2.42. The predicted molar refractivity (Wildman–Crippen MR) is 110 cm³/mol. The second-order valence-electron chi connectivity index (χ2n) is 7.03. The van der Waals surface area contributed by atoms with Gasteiger partial charge in [-0.25, -0.2) is 4.98 Å². The van der Waals surface area contributed by atoms with Crippen molar-refractivity contribution < 1.29 is 9.59 Å². The van der Waals surface area contributed by atoms with Gasteiger partial charge >= 0.3 is 0 Å². The fourth-order valence-electron chi connectivity index (χ4n) is 3.55. The topological polar surface area (TPSA) is 65.5 Å². The van der Waals surface area contributed by atoms with Crippen molar-refractivity contribution in [3.05, 3.63) is 59.8 Å². The summed E-state index contributed by atoms with van der Waals surface area (Å²) in [6.07, 6.45) is 2.95. The van der Waals surface area contributed by atoms with Gasteiger partial charge in [0.2, 0.25) is 5.91 Å². The molecule has 1 fully saturated rings. The van der Waals surface area contributed by atoms with Gasteiger partial charge in [0.05, 0.1) is 5.56 Å². The van der Waals surface area contributed by atoms with Crippen LogP contribution in [0.5, 0.6) is 0 Å². The van der Waals surface area contributed by atoms with Gasteiger partial charge in [-0.2, -0.15) is 0 Å². The highest BCUT2D eigenvalue weighted by atomic mass is 16.2. The van der Waals surface area contributed by atoms with E-state index in [4.69, 9.17) is 0 Å². The van der Waals surface area contributed by atoms with Crippen LogP contribution in [0.15, 0.2) is 48.7 Å². The van der Waals surface area contributed by atoms with Gasteiger partial charge in [0.1, 0.15) is 5.82 Å². The summed E-state index contributed by atoms with van der Waals surface area (Å²) in [5, 5.41) is 2.78. The number of pyridine rings is 1. The highest BCUT2D eigenvalue weighted by molar-refractivity contribution is 5.94. The molecule has 0 saturated carbocycles. The smallest absolute Gasteiger partial charge is 0.252 e. The van der Waals surface area contributed by atoms with Gasteiger partial charge in [-0.3, -0.25) is 9.59 Å². The number of anilines is 1. The van der Waals surface area contributed by atoms with Crippen molar-refractivity contribution in [2.24, 2.45) is 0 Å². The van der Waals surface area contributed by atoms with Gasteiger partial charge in [-0.15, -0.1) is 0 Å². The first-order valence-corrected chi connectivity index (χ1v) is 9.95. The number of carbonyl (C=O) groups excluding carboxylic acids is 2. The summed E-state index contributed by atoms with van der Waals surface area (Å²) in [7, 11) is 0. The van der Waals surface area contributed by atoms with Crippen molar-refractivity contribution in [1.82, 2.24) is 15.2 Å². The summed E-state index contributed by atoms with van der Waals surface area (Å²) >= 11 is 0. The van der Waals surface area contributed by atoms with Crippen LogP contribution in [0.1, 0.15) is 42.6 Å². The van der Waals surface area contributed by atoms with E-state index in [0.717, 1.165) is 24.3 Å². The van der Waals surface area contributed by atoms with Crippen molar-refractivity contribution in [2.45, 2.75) is 39.3 Å². The number of amides is 2. The molecular weight excluding hydrogens is 352 g/mol. The zero-order chi connectivity index (χ0) is 19.9. The molecule has 148 valence electrons. The molecule has 0 radical (unpaired) electrons. The molecule has 1 aromatic heterocycles. The lowest BCUT2D eigenvalue weighted by molar-refractivity contribution is -0.133. The molecule has 1 atom stereocenters. The Morgan fingerprint density at radius 3 is 2.61 bits per heavy atom. The van der Waals surface area contributed by atoms with Crippen LogP contribution in [-0.2, 0) is 11.3 Å². The molecule has 2 amide bonds. The first-order valence-electron chi connectivity index (χ1n) is 9.95. The Bertz CT molecular complexity index is 792. The summed E-state index contributed by atoms with van der Waals surface area (Å²) in [6.45, 7) is 6.60. The molecule has 2 aromatic rings. The maximum absolute atomic E-state index is 12.8. The molecule has 0 bridgehead atoms. The summed E-state index contributed by atoms with van der Waals surface area (Å²) in [5.41, 5.74) is 1.70. The fraction of sp³-hybridized carbons (Fsp3) is 0.409. The molecule has 1 N–H and O–H groups in total. The zero-order valence-electron chi connectivity index (χ0n) is 16.6. The lowest BCUT2D eigenvalue weighted by Gasteiger charge is -2.31. The van der Waals surface area contributed by atoms with Crippen LogP contribution >= 0.6 is 0 Å². The van der Waals surface area contributed by atoms with Gasteiger partial charge in [0, 0.05) is 44.8 Å². The van der Waals surface area contributed by atoms with Crippen LogP contribution in [0, 0.1) is 0 Å². The minimum atomic E-state index is -0.118. The second kappa shape index (κ2) is 9.35. The van der Waals surface area contributed by atoms with E-state index >= 15 is 0 Å². The minimum Gasteiger partial charge on any atom is -0.354 e. The van der Waals surface area contributed by atoms with E-state index in [0.29, 0.717) is 31.6 Å². The summed E-state index contributed by atoms with van der Waals surface area (Å²) in [6, 6.07) is 13.9. The van der Waals surface area contributed by atoms with E-state index in [1.165, 1.54) is 0 Å². The van der Waals surface area contributed by atoms with Crippen LogP contribution in [0.2, 0.25) is 0 Å². The second-order valence-corrected chi connectivity index (χ2v) is 7.03. The van der Waals surface area contributed by atoms with Gasteiger partial charge in [0.15, 0.2) is 0 Å². The molecular formula is C22H28N4O2.